The first kappa shape index (κ1) is 19.9. The lowest BCUT2D eigenvalue weighted by Crippen LogP contribution is -2.41. The number of halogens is 3. The van der Waals surface area contributed by atoms with E-state index in [4.69, 9.17) is 14.2 Å². The van der Waals surface area contributed by atoms with Crippen molar-refractivity contribution >= 4 is 0 Å². The van der Waals surface area contributed by atoms with Gasteiger partial charge in [-0.3, -0.25) is 4.90 Å². The Kier molecular flexibility index (Phi) is 8.54. The molecule has 1 aromatic carbocycles. The number of ether oxygens (including phenoxy) is 3. The smallest absolute Gasteiger partial charge is 0.380 e. The highest BCUT2D eigenvalue weighted by Crippen LogP contribution is 2.17. The quantitative estimate of drug-likeness (QED) is 0.615. The van der Waals surface area contributed by atoms with E-state index in [0.29, 0.717) is 13.0 Å². The summed E-state index contributed by atoms with van der Waals surface area (Å²) in [6, 6.07) is 7.65. The molecule has 0 fully saturated rings. The van der Waals surface area contributed by atoms with Gasteiger partial charge in [-0.05, 0) is 17.5 Å². The molecule has 0 N–H and O–H groups in total. The molecule has 4 nitrogen and oxygen atoms in total. The van der Waals surface area contributed by atoms with Gasteiger partial charge in [0.1, 0.15) is 0 Å². The van der Waals surface area contributed by atoms with E-state index >= 15 is 0 Å². The zero-order chi connectivity index (χ0) is 17.3. The summed E-state index contributed by atoms with van der Waals surface area (Å²) in [4.78, 5) is 1.29. The molecule has 0 bridgehead atoms. The lowest BCUT2D eigenvalue weighted by atomic mass is 10.1. The molecule has 23 heavy (non-hydrogen) atoms. The fourth-order valence-corrected chi connectivity index (χ4v) is 2.20. The fraction of sp³-hybridized carbons (Fsp3) is 0.625. The molecule has 0 radical (unpaired) electrons. The average Bonchev–Trinajstić information content (AvgIpc) is 2.50. The Labute approximate surface area is 135 Å². The summed E-state index contributed by atoms with van der Waals surface area (Å²) >= 11 is 0. The second kappa shape index (κ2) is 9.87. The number of nitrogens with zero attached hydrogens (tertiary/aromatic N) is 1. The molecule has 0 aromatic heterocycles. The highest BCUT2D eigenvalue weighted by Gasteiger charge is 2.31. The summed E-state index contributed by atoms with van der Waals surface area (Å²) in [5.74, 6) is 0. The highest BCUT2D eigenvalue weighted by molar-refractivity contribution is 5.22. The van der Waals surface area contributed by atoms with E-state index in [0.717, 1.165) is 11.1 Å². The van der Waals surface area contributed by atoms with Gasteiger partial charge in [-0.2, -0.15) is 13.2 Å². The van der Waals surface area contributed by atoms with Crippen LogP contribution in [-0.4, -0.2) is 58.3 Å². The first-order valence-corrected chi connectivity index (χ1v) is 7.29. The lowest BCUT2D eigenvalue weighted by Gasteiger charge is -2.26. The maximum atomic E-state index is 12.7. The lowest BCUT2D eigenvalue weighted by molar-refractivity contribution is -0.164. The Morgan fingerprint density at radius 1 is 1.00 bits per heavy atom. The summed E-state index contributed by atoms with van der Waals surface area (Å²) in [7, 11) is 4.44. The molecular weight excluding hydrogens is 311 g/mol. The van der Waals surface area contributed by atoms with Gasteiger partial charge in [0.15, 0.2) is 6.29 Å². The monoisotopic (exact) mass is 335 g/mol. The van der Waals surface area contributed by atoms with Crippen molar-refractivity contribution in [3.05, 3.63) is 35.4 Å². The topological polar surface area (TPSA) is 30.9 Å². The summed E-state index contributed by atoms with van der Waals surface area (Å²) < 4.78 is 53.1. The van der Waals surface area contributed by atoms with Gasteiger partial charge in [-0.15, -0.1) is 0 Å². The molecule has 1 aromatic rings. The molecule has 7 heteroatoms. The van der Waals surface area contributed by atoms with E-state index in [2.05, 4.69) is 0 Å². The molecule has 0 saturated carbocycles. The van der Waals surface area contributed by atoms with E-state index < -0.39 is 19.0 Å². The van der Waals surface area contributed by atoms with Crippen molar-refractivity contribution in [2.45, 2.75) is 25.5 Å². The van der Waals surface area contributed by atoms with E-state index in [1.165, 1.54) is 19.1 Å². The summed E-state index contributed by atoms with van der Waals surface area (Å²) in [5, 5.41) is 0. The number of alkyl halides is 3. The molecule has 132 valence electrons. The maximum Gasteiger partial charge on any atom is 0.401 e. The van der Waals surface area contributed by atoms with E-state index in [1.807, 2.05) is 24.3 Å². The third-order valence-corrected chi connectivity index (χ3v) is 3.39. The van der Waals surface area contributed by atoms with Crippen molar-refractivity contribution < 1.29 is 27.4 Å². The number of hydrogen-bond acceptors (Lipinski definition) is 4. The SMILES string of the molecule is COCc1ccc(CCN(CC(OC)OC)CC(F)(F)F)cc1. The number of hydrogen-bond donors (Lipinski definition) is 0. The molecule has 0 heterocycles. The Hall–Kier alpha value is -1.15. The van der Waals surface area contributed by atoms with Crippen LogP contribution in [0.15, 0.2) is 24.3 Å². The van der Waals surface area contributed by atoms with Gasteiger partial charge in [0.2, 0.25) is 0 Å². The van der Waals surface area contributed by atoms with Crippen LogP contribution in [0.3, 0.4) is 0 Å². The third kappa shape index (κ3) is 8.31. The molecule has 0 aliphatic rings. The highest BCUT2D eigenvalue weighted by atomic mass is 19.4. The summed E-state index contributed by atoms with van der Waals surface area (Å²) in [6.07, 6.45) is -4.42. The van der Waals surface area contributed by atoms with Crippen molar-refractivity contribution in [1.29, 1.82) is 0 Å². The van der Waals surface area contributed by atoms with Crippen LogP contribution in [0.4, 0.5) is 13.2 Å². The molecule has 0 amide bonds. The largest absolute Gasteiger partial charge is 0.401 e. The second-order valence-corrected chi connectivity index (χ2v) is 5.25. The first-order chi connectivity index (χ1) is 10.9. The Balaban J connectivity index is 2.61. The van der Waals surface area contributed by atoms with E-state index in [-0.39, 0.29) is 13.1 Å². The molecular formula is C16H24F3NO3. The van der Waals surface area contributed by atoms with E-state index in [9.17, 15) is 13.2 Å². The van der Waals surface area contributed by atoms with Gasteiger partial charge in [0.05, 0.1) is 13.2 Å². The van der Waals surface area contributed by atoms with Crippen LogP contribution in [0, 0.1) is 0 Å². The van der Waals surface area contributed by atoms with Gasteiger partial charge >= 0.3 is 6.18 Å². The standard InChI is InChI=1S/C16H24F3NO3/c1-21-11-14-6-4-13(5-7-14)8-9-20(12-16(17,18)19)10-15(22-2)23-3/h4-7,15H,8-12H2,1-3H3. The van der Waals surface area contributed by atoms with Crippen LogP contribution >= 0.6 is 0 Å². The van der Waals surface area contributed by atoms with Gasteiger partial charge in [-0.25, -0.2) is 0 Å². The van der Waals surface area contributed by atoms with Crippen LogP contribution in [0.2, 0.25) is 0 Å². The second-order valence-electron chi connectivity index (χ2n) is 5.25. The van der Waals surface area contributed by atoms with Gasteiger partial charge in [0, 0.05) is 34.4 Å². The molecule has 1 rings (SSSR count). The van der Waals surface area contributed by atoms with Crippen LogP contribution < -0.4 is 0 Å². The van der Waals surface area contributed by atoms with Crippen molar-refractivity contribution in [1.82, 2.24) is 4.90 Å². The number of rotatable bonds is 10. The minimum absolute atomic E-state index is 0.0638. The Morgan fingerprint density at radius 3 is 2.04 bits per heavy atom. The fourth-order valence-electron chi connectivity index (χ4n) is 2.20. The minimum Gasteiger partial charge on any atom is -0.380 e. The molecule has 0 atom stereocenters. The molecule has 0 spiro atoms. The molecule has 0 aliphatic carbocycles. The molecule has 0 saturated heterocycles. The van der Waals surface area contributed by atoms with Gasteiger partial charge in [-0.1, -0.05) is 24.3 Å². The summed E-state index contributed by atoms with van der Waals surface area (Å²) in [5.41, 5.74) is 2.01. The summed E-state index contributed by atoms with van der Waals surface area (Å²) in [6.45, 7) is -0.136. The normalized spacial score (nSPS) is 12.3. The van der Waals surface area contributed by atoms with Crippen LogP contribution in [0.5, 0.6) is 0 Å². The predicted molar refractivity (Wildman–Crippen MR) is 81.2 cm³/mol. The van der Waals surface area contributed by atoms with Crippen LogP contribution in [-0.2, 0) is 27.2 Å². The Bertz CT molecular complexity index is 433. The average molecular weight is 335 g/mol. The van der Waals surface area contributed by atoms with Gasteiger partial charge in [0.25, 0.3) is 0 Å². The van der Waals surface area contributed by atoms with Crippen molar-refractivity contribution in [3.8, 4) is 0 Å². The molecule has 0 aliphatic heterocycles. The van der Waals surface area contributed by atoms with Crippen LogP contribution in [0.1, 0.15) is 11.1 Å². The zero-order valence-corrected chi connectivity index (χ0v) is 13.7. The third-order valence-electron chi connectivity index (χ3n) is 3.39. The Morgan fingerprint density at radius 2 is 1.57 bits per heavy atom. The van der Waals surface area contributed by atoms with Crippen LogP contribution in [0.25, 0.3) is 0 Å². The van der Waals surface area contributed by atoms with Crippen molar-refractivity contribution in [2.75, 3.05) is 41.0 Å². The van der Waals surface area contributed by atoms with Gasteiger partial charge < -0.3 is 14.2 Å². The van der Waals surface area contributed by atoms with E-state index in [1.54, 1.807) is 7.11 Å². The first-order valence-electron chi connectivity index (χ1n) is 7.29. The van der Waals surface area contributed by atoms with Crippen molar-refractivity contribution in [3.63, 3.8) is 0 Å². The minimum atomic E-state index is -4.26. The zero-order valence-electron chi connectivity index (χ0n) is 13.7. The number of methoxy groups -OCH3 is 3. The van der Waals surface area contributed by atoms with Crippen molar-refractivity contribution in [2.24, 2.45) is 0 Å². The maximum absolute atomic E-state index is 12.7. The molecule has 0 unspecified atom stereocenters. The number of benzene rings is 1. The predicted octanol–water partition coefficient (Wildman–Crippen LogP) is 2.86.